The van der Waals surface area contributed by atoms with E-state index in [2.05, 4.69) is 20.0 Å². The van der Waals surface area contributed by atoms with Crippen LogP contribution in [0.4, 0.5) is 5.82 Å². The highest BCUT2D eigenvalue weighted by atomic mass is 32.2. The van der Waals surface area contributed by atoms with Gasteiger partial charge in [0.25, 0.3) is 5.78 Å². The van der Waals surface area contributed by atoms with Gasteiger partial charge in [0, 0.05) is 37.9 Å². The average molecular weight is 402 g/mol. The molecular weight excluding hydrogens is 380 g/mol. The van der Waals surface area contributed by atoms with Gasteiger partial charge in [0.2, 0.25) is 10.0 Å². The molecule has 0 unspecified atom stereocenters. The number of rotatable bonds is 4. The van der Waals surface area contributed by atoms with Gasteiger partial charge in [0.05, 0.1) is 12.0 Å². The molecule has 0 atom stereocenters. The Hall–Kier alpha value is -2.72. The van der Waals surface area contributed by atoms with E-state index in [9.17, 15) is 8.42 Å². The van der Waals surface area contributed by atoms with Gasteiger partial charge >= 0.3 is 0 Å². The zero-order valence-electron chi connectivity index (χ0n) is 16.0. The fourth-order valence-electron chi connectivity index (χ4n) is 3.45. The number of nitrogens with zero attached hydrogens (tertiary/aromatic N) is 6. The van der Waals surface area contributed by atoms with Gasteiger partial charge < -0.3 is 9.64 Å². The molecule has 148 valence electrons. The quantitative estimate of drug-likeness (QED) is 0.649. The third-order valence-electron chi connectivity index (χ3n) is 4.93. The summed E-state index contributed by atoms with van der Waals surface area (Å²) in [7, 11) is -1.98. The van der Waals surface area contributed by atoms with Crippen LogP contribution in [0.1, 0.15) is 11.3 Å². The smallest absolute Gasteiger partial charge is 0.254 e. The van der Waals surface area contributed by atoms with E-state index in [0.29, 0.717) is 37.7 Å². The van der Waals surface area contributed by atoms with E-state index in [4.69, 9.17) is 4.74 Å². The Bertz CT molecular complexity index is 1120. The van der Waals surface area contributed by atoms with Gasteiger partial charge in [-0.15, -0.1) is 0 Å². The van der Waals surface area contributed by atoms with Crippen molar-refractivity contribution in [2.45, 2.75) is 18.7 Å². The van der Waals surface area contributed by atoms with Crippen LogP contribution >= 0.6 is 0 Å². The van der Waals surface area contributed by atoms with E-state index >= 15 is 0 Å². The summed E-state index contributed by atoms with van der Waals surface area (Å²) in [5, 5.41) is 4.23. The van der Waals surface area contributed by atoms with Gasteiger partial charge in [-0.2, -0.15) is 18.9 Å². The zero-order valence-corrected chi connectivity index (χ0v) is 16.8. The second kappa shape index (κ2) is 7.02. The topological polar surface area (TPSA) is 92.9 Å². The van der Waals surface area contributed by atoms with Crippen LogP contribution in [0.25, 0.3) is 5.78 Å². The first-order valence-corrected chi connectivity index (χ1v) is 10.4. The molecule has 9 nitrogen and oxygen atoms in total. The first kappa shape index (κ1) is 18.6. The Labute approximate surface area is 163 Å². The normalized spacial score (nSPS) is 15.9. The van der Waals surface area contributed by atoms with Crippen LogP contribution in [0.5, 0.6) is 5.75 Å². The SMILES string of the molecule is COc1ccc(S(=O)(=O)N2CCN(c3cc(C)nc4ncnn34)CC2)cc1C. The van der Waals surface area contributed by atoms with Crippen molar-refractivity contribution >= 4 is 21.6 Å². The number of benzene rings is 1. The lowest BCUT2D eigenvalue weighted by Crippen LogP contribution is -2.49. The number of aromatic nitrogens is 4. The summed E-state index contributed by atoms with van der Waals surface area (Å²) in [6.45, 7) is 5.66. The highest BCUT2D eigenvalue weighted by molar-refractivity contribution is 7.89. The third kappa shape index (κ3) is 3.18. The van der Waals surface area contributed by atoms with E-state index in [0.717, 1.165) is 17.1 Å². The Morgan fingerprint density at radius 3 is 2.50 bits per heavy atom. The number of hydrogen-bond donors (Lipinski definition) is 0. The Kier molecular flexibility index (Phi) is 4.68. The van der Waals surface area contributed by atoms with Crippen molar-refractivity contribution in [1.29, 1.82) is 0 Å². The molecule has 0 radical (unpaired) electrons. The second-order valence-electron chi connectivity index (χ2n) is 6.75. The molecular formula is C18H22N6O3S. The van der Waals surface area contributed by atoms with Gasteiger partial charge in [-0.05, 0) is 37.6 Å². The predicted octanol–water partition coefficient (Wildman–Crippen LogP) is 1.26. The Morgan fingerprint density at radius 1 is 1.07 bits per heavy atom. The molecule has 1 aliphatic rings. The van der Waals surface area contributed by atoms with Crippen LogP contribution < -0.4 is 9.64 Å². The first-order chi connectivity index (χ1) is 13.4. The number of aryl methyl sites for hydroxylation is 2. The van der Waals surface area contributed by atoms with Gasteiger partial charge in [-0.25, -0.2) is 13.4 Å². The second-order valence-corrected chi connectivity index (χ2v) is 8.69. The Morgan fingerprint density at radius 2 is 1.82 bits per heavy atom. The molecule has 0 amide bonds. The van der Waals surface area contributed by atoms with Crippen molar-refractivity contribution < 1.29 is 13.2 Å². The molecule has 3 heterocycles. The molecule has 1 fully saturated rings. The highest BCUT2D eigenvalue weighted by Crippen LogP contribution is 2.25. The summed E-state index contributed by atoms with van der Waals surface area (Å²) < 4.78 is 34.5. The van der Waals surface area contributed by atoms with Crippen LogP contribution in [0.2, 0.25) is 0 Å². The largest absolute Gasteiger partial charge is 0.496 e. The van der Waals surface area contributed by atoms with Gasteiger partial charge in [0.1, 0.15) is 17.9 Å². The minimum Gasteiger partial charge on any atom is -0.496 e. The summed E-state index contributed by atoms with van der Waals surface area (Å²) >= 11 is 0. The molecule has 4 rings (SSSR count). The number of anilines is 1. The molecule has 0 spiro atoms. The van der Waals surface area contributed by atoms with E-state index < -0.39 is 10.0 Å². The van der Waals surface area contributed by atoms with Crippen LogP contribution in [-0.2, 0) is 10.0 Å². The van der Waals surface area contributed by atoms with Crippen LogP contribution in [0, 0.1) is 13.8 Å². The fourth-order valence-corrected chi connectivity index (χ4v) is 4.96. The minimum atomic E-state index is -3.55. The van der Waals surface area contributed by atoms with E-state index in [1.165, 1.54) is 10.6 Å². The summed E-state index contributed by atoms with van der Waals surface area (Å²) in [6.07, 6.45) is 1.47. The maximum atomic E-state index is 13.0. The third-order valence-corrected chi connectivity index (χ3v) is 6.82. The number of piperazine rings is 1. The molecule has 10 heteroatoms. The standard InChI is InChI=1S/C18H22N6O3S/c1-13-10-15(4-5-16(13)27-3)28(25,26)23-8-6-22(7-9-23)17-11-14(2)21-18-19-12-20-24(17)18/h4-5,10-12H,6-9H2,1-3H3. The zero-order chi connectivity index (χ0) is 19.9. The van der Waals surface area contributed by atoms with Crippen molar-refractivity contribution in [2.24, 2.45) is 0 Å². The fraction of sp³-hybridized carbons (Fsp3) is 0.389. The van der Waals surface area contributed by atoms with Crippen molar-refractivity contribution in [2.75, 3.05) is 38.2 Å². The van der Waals surface area contributed by atoms with E-state index in [1.54, 1.807) is 29.8 Å². The summed E-state index contributed by atoms with van der Waals surface area (Å²) in [5.41, 5.74) is 1.64. The predicted molar refractivity (Wildman–Crippen MR) is 104 cm³/mol. The van der Waals surface area contributed by atoms with Crippen molar-refractivity contribution in [3.63, 3.8) is 0 Å². The summed E-state index contributed by atoms with van der Waals surface area (Å²) in [6, 6.07) is 6.89. The van der Waals surface area contributed by atoms with Crippen molar-refractivity contribution in [3.05, 3.63) is 41.9 Å². The molecule has 1 aliphatic heterocycles. The molecule has 0 aliphatic carbocycles. The van der Waals surface area contributed by atoms with Gasteiger partial charge in [-0.1, -0.05) is 0 Å². The van der Waals surface area contributed by atoms with E-state index in [-0.39, 0.29) is 4.90 Å². The molecule has 28 heavy (non-hydrogen) atoms. The van der Waals surface area contributed by atoms with Crippen molar-refractivity contribution in [3.8, 4) is 5.75 Å². The van der Waals surface area contributed by atoms with Gasteiger partial charge in [0.15, 0.2) is 0 Å². The molecule has 0 bridgehead atoms. The number of fused-ring (bicyclic) bond motifs is 1. The molecule has 1 aromatic carbocycles. The molecule has 0 saturated carbocycles. The average Bonchev–Trinajstić information content (AvgIpc) is 3.15. The molecule has 1 saturated heterocycles. The number of hydrogen-bond acceptors (Lipinski definition) is 7. The van der Waals surface area contributed by atoms with E-state index in [1.807, 2.05) is 19.9 Å². The summed E-state index contributed by atoms with van der Waals surface area (Å²) in [4.78, 5) is 10.9. The lowest BCUT2D eigenvalue weighted by molar-refractivity contribution is 0.382. The van der Waals surface area contributed by atoms with Crippen LogP contribution in [-0.4, -0.2) is 65.6 Å². The maximum Gasteiger partial charge on any atom is 0.254 e. The van der Waals surface area contributed by atoms with Crippen molar-refractivity contribution in [1.82, 2.24) is 23.9 Å². The minimum absolute atomic E-state index is 0.290. The molecule has 3 aromatic rings. The summed E-state index contributed by atoms with van der Waals surface area (Å²) in [5.74, 6) is 2.09. The highest BCUT2D eigenvalue weighted by Gasteiger charge is 2.30. The lowest BCUT2D eigenvalue weighted by Gasteiger charge is -2.35. The van der Waals surface area contributed by atoms with Crippen LogP contribution in [0.15, 0.2) is 35.5 Å². The monoisotopic (exact) mass is 402 g/mol. The Balaban J connectivity index is 1.55. The number of ether oxygens (including phenoxy) is 1. The maximum absolute atomic E-state index is 13.0. The molecule has 2 aromatic heterocycles. The first-order valence-electron chi connectivity index (χ1n) is 8.97. The number of sulfonamides is 1. The number of methoxy groups -OCH3 is 1. The van der Waals surface area contributed by atoms with Crippen LogP contribution in [0.3, 0.4) is 0 Å². The van der Waals surface area contributed by atoms with Gasteiger partial charge in [-0.3, -0.25) is 0 Å². The molecule has 0 N–H and O–H groups in total. The lowest BCUT2D eigenvalue weighted by atomic mass is 10.2.